The summed E-state index contributed by atoms with van der Waals surface area (Å²) in [6.07, 6.45) is 1.54. The fourth-order valence-corrected chi connectivity index (χ4v) is 2.65. The van der Waals surface area contributed by atoms with Crippen LogP contribution in [0.2, 0.25) is 0 Å². The number of anilines is 1. The number of rotatable bonds is 3. The van der Waals surface area contributed by atoms with E-state index in [1.54, 1.807) is 25.3 Å². The summed E-state index contributed by atoms with van der Waals surface area (Å²) in [5.74, 6) is -1.56. The van der Waals surface area contributed by atoms with Crippen molar-refractivity contribution in [3.05, 3.63) is 39.8 Å². The number of carbonyl (C=O) groups excluding carboxylic acids is 1. The summed E-state index contributed by atoms with van der Waals surface area (Å²) in [5, 5.41) is 11.8. The standard InChI is InChI=1S/C11H8BrN3O3S/c1-5-7(11(17)18)10(19-15-5)14-9(16)6-3-2-4-13-8(6)12/h2-4H,1H3,(H,14,16)(H,17,18). The van der Waals surface area contributed by atoms with Gasteiger partial charge in [-0.05, 0) is 46.5 Å². The molecule has 1 amide bonds. The molecule has 2 heterocycles. The van der Waals surface area contributed by atoms with Crippen molar-refractivity contribution in [3.8, 4) is 0 Å². The number of hydrogen-bond acceptors (Lipinski definition) is 5. The smallest absolute Gasteiger partial charge is 0.340 e. The van der Waals surface area contributed by atoms with Crippen LogP contribution in [0, 0.1) is 6.92 Å². The highest BCUT2D eigenvalue weighted by Crippen LogP contribution is 2.25. The number of halogens is 1. The first-order valence-electron chi connectivity index (χ1n) is 5.12. The summed E-state index contributed by atoms with van der Waals surface area (Å²) in [7, 11) is 0. The topological polar surface area (TPSA) is 92.2 Å². The average molecular weight is 342 g/mol. The molecule has 6 nitrogen and oxygen atoms in total. The molecule has 98 valence electrons. The van der Waals surface area contributed by atoms with E-state index in [2.05, 4.69) is 30.6 Å². The molecule has 0 fully saturated rings. The molecule has 0 atom stereocenters. The van der Waals surface area contributed by atoms with Crippen LogP contribution in [0.15, 0.2) is 22.9 Å². The Labute approximate surface area is 120 Å². The van der Waals surface area contributed by atoms with Gasteiger partial charge in [0.2, 0.25) is 0 Å². The van der Waals surface area contributed by atoms with E-state index in [0.717, 1.165) is 11.5 Å². The molecule has 19 heavy (non-hydrogen) atoms. The molecule has 0 saturated carbocycles. The largest absolute Gasteiger partial charge is 0.478 e. The van der Waals surface area contributed by atoms with Gasteiger partial charge in [0.05, 0.1) is 11.3 Å². The van der Waals surface area contributed by atoms with E-state index < -0.39 is 11.9 Å². The predicted molar refractivity (Wildman–Crippen MR) is 73.7 cm³/mol. The Balaban J connectivity index is 2.30. The summed E-state index contributed by atoms with van der Waals surface area (Å²) in [6, 6.07) is 3.20. The molecule has 0 spiro atoms. The summed E-state index contributed by atoms with van der Waals surface area (Å²) in [6.45, 7) is 1.58. The zero-order valence-corrected chi connectivity index (χ0v) is 12.1. The van der Waals surface area contributed by atoms with E-state index in [-0.39, 0.29) is 10.6 Å². The Morgan fingerprint density at radius 2 is 2.21 bits per heavy atom. The van der Waals surface area contributed by atoms with Crippen molar-refractivity contribution in [1.29, 1.82) is 0 Å². The van der Waals surface area contributed by atoms with Crippen molar-refractivity contribution in [3.63, 3.8) is 0 Å². The van der Waals surface area contributed by atoms with Gasteiger partial charge in [0.25, 0.3) is 5.91 Å². The van der Waals surface area contributed by atoms with Crippen LogP contribution < -0.4 is 5.32 Å². The Morgan fingerprint density at radius 3 is 2.84 bits per heavy atom. The van der Waals surface area contributed by atoms with Crippen LogP contribution in [0.25, 0.3) is 0 Å². The Hall–Kier alpha value is -1.80. The highest BCUT2D eigenvalue weighted by atomic mass is 79.9. The minimum absolute atomic E-state index is 0.0124. The number of hydrogen-bond donors (Lipinski definition) is 2. The monoisotopic (exact) mass is 341 g/mol. The Kier molecular flexibility index (Phi) is 3.91. The molecule has 0 aliphatic heterocycles. The molecule has 0 aliphatic rings. The van der Waals surface area contributed by atoms with Gasteiger partial charge >= 0.3 is 5.97 Å². The normalized spacial score (nSPS) is 10.2. The van der Waals surface area contributed by atoms with Crippen molar-refractivity contribution >= 4 is 44.3 Å². The van der Waals surface area contributed by atoms with Gasteiger partial charge in [-0.3, -0.25) is 4.79 Å². The maximum Gasteiger partial charge on any atom is 0.340 e. The third kappa shape index (κ3) is 2.79. The van der Waals surface area contributed by atoms with Crippen molar-refractivity contribution in [2.45, 2.75) is 6.92 Å². The second-order valence-corrected chi connectivity index (χ2v) is 5.10. The number of nitrogens with one attached hydrogen (secondary N) is 1. The highest BCUT2D eigenvalue weighted by Gasteiger charge is 2.20. The lowest BCUT2D eigenvalue weighted by Gasteiger charge is -2.04. The second kappa shape index (κ2) is 5.45. The van der Waals surface area contributed by atoms with Crippen LogP contribution in [0.5, 0.6) is 0 Å². The summed E-state index contributed by atoms with van der Waals surface area (Å²) in [5.41, 5.74) is 0.710. The number of amides is 1. The van der Waals surface area contributed by atoms with E-state index in [0.29, 0.717) is 15.9 Å². The fourth-order valence-electron chi connectivity index (χ4n) is 1.43. The first-order valence-corrected chi connectivity index (χ1v) is 6.68. The van der Waals surface area contributed by atoms with Crippen LogP contribution >= 0.6 is 27.5 Å². The number of carbonyl (C=O) groups is 2. The molecule has 2 aromatic heterocycles. The zero-order chi connectivity index (χ0) is 14.0. The maximum absolute atomic E-state index is 12.0. The number of aromatic carboxylic acids is 1. The van der Waals surface area contributed by atoms with Crippen molar-refractivity contribution in [2.24, 2.45) is 0 Å². The number of carboxylic acids is 1. The molecule has 2 rings (SSSR count). The third-order valence-corrected chi connectivity index (χ3v) is 3.79. The van der Waals surface area contributed by atoms with Crippen LogP contribution in [0.3, 0.4) is 0 Å². The lowest BCUT2D eigenvalue weighted by Crippen LogP contribution is -2.14. The highest BCUT2D eigenvalue weighted by molar-refractivity contribution is 9.10. The van der Waals surface area contributed by atoms with Crippen molar-refractivity contribution in [1.82, 2.24) is 9.36 Å². The van der Waals surface area contributed by atoms with Gasteiger partial charge in [-0.15, -0.1) is 0 Å². The number of carboxylic acid groups (broad SMARTS) is 1. The molecule has 0 aliphatic carbocycles. The van der Waals surface area contributed by atoms with E-state index >= 15 is 0 Å². The number of aromatic nitrogens is 2. The molecule has 2 N–H and O–H groups in total. The maximum atomic E-state index is 12.0. The lowest BCUT2D eigenvalue weighted by molar-refractivity contribution is 0.0697. The summed E-state index contributed by atoms with van der Waals surface area (Å²) in [4.78, 5) is 27.0. The predicted octanol–water partition coefficient (Wildman–Crippen LogP) is 2.56. The third-order valence-electron chi connectivity index (χ3n) is 2.31. The molecule has 0 radical (unpaired) electrons. The quantitative estimate of drug-likeness (QED) is 0.837. The molecule has 2 aromatic rings. The SMILES string of the molecule is Cc1nsc(NC(=O)c2cccnc2Br)c1C(=O)O. The molecule has 0 unspecified atom stereocenters. The van der Waals surface area contributed by atoms with Crippen molar-refractivity contribution in [2.75, 3.05) is 5.32 Å². The fraction of sp³-hybridized carbons (Fsp3) is 0.0909. The van der Waals surface area contributed by atoms with Crippen LogP contribution in [-0.4, -0.2) is 26.3 Å². The van der Waals surface area contributed by atoms with Gasteiger partial charge < -0.3 is 10.4 Å². The van der Waals surface area contributed by atoms with Gasteiger partial charge in [0, 0.05) is 6.20 Å². The minimum Gasteiger partial charge on any atom is -0.478 e. The number of pyridine rings is 1. The number of nitrogens with zero attached hydrogens (tertiary/aromatic N) is 2. The zero-order valence-electron chi connectivity index (χ0n) is 9.68. The van der Waals surface area contributed by atoms with Gasteiger partial charge in [-0.1, -0.05) is 0 Å². The minimum atomic E-state index is -1.12. The van der Waals surface area contributed by atoms with Crippen molar-refractivity contribution < 1.29 is 14.7 Å². The summed E-state index contributed by atoms with van der Waals surface area (Å²) >= 11 is 4.10. The van der Waals surface area contributed by atoms with E-state index in [1.807, 2.05) is 0 Å². The van der Waals surface area contributed by atoms with Crippen LogP contribution in [0.4, 0.5) is 5.00 Å². The lowest BCUT2D eigenvalue weighted by atomic mass is 10.2. The Morgan fingerprint density at radius 1 is 1.47 bits per heavy atom. The molecular weight excluding hydrogens is 334 g/mol. The molecular formula is C11H8BrN3O3S. The molecule has 0 saturated heterocycles. The van der Waals surface area contributed by atoms with Gasteiger partial charge in [-0.25, -0.2) is 9.78 Å². The second-order valence-electron chi connectivity index (χ2n) is 3.57. The Bertz CT molecular complexity index is 656. The van der Waals surface area contributed by atoms with E-state index in [9.17, 15) is 9.59 Å². The summed E-state index contributed by atoms with van der Waals surface area (Å²) < 4.78 is 4.32. The average Bonchev–Trinajstić information content (AvgIpc) is 2.70. The number of aryl methyl sites for hydroxylation is 1. The molecule has 0 bridgehead atoms. The van der Waals surface area contributed by atoms with E-state index in [4.69, 9.17) is 5.11 Å². The molecule has 8 heteroatoms. The van der Waals surface area contributed by atoms with Crippen LogP contribution in [-0.2, 0) is 0 Å². The first kappa shape index (κ1) is 13.6. The van der Waals surface area contributed by atoms with Gasteiger partial charge in [-0.2, -0.15) is 4.37 Å². The first-order chi connectivity index (χ1) is 9.00. The van der Waals surface area contributed by atoms with E-state index in [1.165, 1.54) is 0 Å². The van der Waals surface area contributed by atoms with Gasteiger partial charge in [0.1, 0.15) is 15.2 Å². The van der Waals surface area contributed by atoms with Gasteiger partial charge in [0.15, 0.2) is 0 Å². The molecule has 0 aromatic carbocycles. The van der Waals surface area contributed by atoms with Crippen LogP contribution in [0.1, 0.15) is 26.4 Å².